The van der Waals surface area contributed by atoms with Crippen LogP contribution in [0.3, 0.4) is 0 Å². The van der Waals surface area contributed by atoms with Gasteiger partial charge in [0.15, 0.2) is 0 Å². The van der Waals surface area contributed by atoms with Gasteiger partial charge in [-0.3, -0.25) is 0 Å². The molecule has 1 aromatic carbocycles. The van der Waals surface area contributed by atoms with Crippen molar-refractivity contribution >= 4 is 18.7 Å². The first-order valence-corrected chi connectivity index (χ1v) is 10.1. The summed E-state index contributed by atoms with van der Waals surface area (Å²) in [4.78, 5) is 12.2. The molecule has 1 fully saturated rings. The fraction of sp³-hybridized carbons (Fsp3) is 0.667. The molecule has 0 aromatic heterocycles. The van der Waals surface area contributed by atoms with Gasteiger partial charge in [-0.1, -0.05) is 0 Å². The summed E-state index contributed by atoms with van der Waals surface area (Å²) in [5.41, 5.74) is -1.43. The Hall–Kier alpha value is -1.67. The minimum absolute atomic E-state index is 0.208. The summed E-state index contributed by atoms with van der Waals surface area (Å²) in [6, 6.07) is 0.782. The molecule has 0 bridgehead atoms. The van der Waals surface area contributed by atoms with E-state index in [0.29, 0.717) is 30.4 Å². The van der Waals surface area contributed by atoms with Gasteiger partial charge in [0.25, 0.3) is 0 Å². The Bertz CT molecular complexity index is 804. The standard InChI is InChI=1S/C21H30BF2NO4/c1-19(2,3)27-18(26)25-15-10-8-9-12-13(15)11-14(23)16(17(12)24)22-28-20(4,5)21(6,7)29-22/h11,15H,8-10H2,1-7H3,(H,25,26). The van der Waals surface area contributed by atoms with E-state index in [0.717, 1.165) is 0 Å². The third kappa shape index (κ3) is 4.28. The van der Waals surface area contributed by atoms with Crippen molar-refractivity contribution in [1.29, 1.82) is 0 Å². The van der Waals surface area contributed by atoms with Crippen LogP contribution in [0.4, 0.5) is 13.6 Å². The van der Waals surface area contributed by atoms with Crippen molar-refractivity contribution < 1.29 is 27.6 Å². The number of hydrogen-bond acceptors (Lipinski definition) is 4. The molecule has 0 radical (unpaired) electrons. The third-order valence-electron chi connectivity index (χ3n) is 5.86. The van der Waals surface area contributed by atoms with E-state index in [-0.39, 0.29) is 5.46 Å². The summed E-state index contributed by atoms with van der Waals surface area (Å²) in [5.74, 6) is -1.40. The third-order valence-corrected chi connectivity index (χ3v) is 5.86. The Kier molecular flexibility index (Phi) is 5.50. The second-order valence-corrected chi connectivity index (χ2v) is 9.83. The molecule has 1 aliphatic heterocycles. The summed E-state index contributed by atoms with van der Waals surface area (Å²) >= 11 is 0. The molecule has 0 spiro atoms. The molecular weight excluding hydrogens is 379 g/mol. The van der Waals surface area contributed by atoms with Crippen LogP contribution < -0.4 is 10.8 Å². The van der Waals surface area contributed by atoms with Gasteiger partial charge >= 0.3 is 13.2 Å². The number of carbonyl (C=O) groups excluding carboxylic acids is 1. The van der Waals surface area contributed by atoms with Crippen LogP contribution in [0.1, 0.15) is 78.5 Å². The van der Waals surface area contributed by atoms with Gasteiger partial charge in [-0.2, -0.15) is 0 Å². The molecule has 29 heavy (non-hydrogen) atoms. The molecule has 1 unspecified atom stereocenters. The zero-order chi connectivity index (χ0) is 21.8. The fourth-order valence-corrected chi connectivity index (χ4v) is 3.68. The van der Waals surface area contributed by atoms with Crippen molar-refractivity contribution in [2.45, 2.75) is 90.6 Å². The minimum atomic E-state index is -1.12. The second-order valence-electron chi connectivity index (χ2n) is 9.83. The highest BCUT2D eigenvalue weighted by molar-refractivity contribution is 6.62. The monoisotopic (exact) mass is 409 g/mol. The summed E-state index contributed by atoms with van der Waals surface area (Å²) < 4.78 is 47.4. The number of fused-ring (bicyclic) bond motifs is 1. The number of halogens is 2. The number of benzene rings is 1. The van der Waals surface area contributed by atoms with Crippen molar-refractivity contribution in [1.82, 2.24) is 5.32 Å². The maximum absolute atomic E-state index is 15.4. The minimum Gasteiger partial charge on any atom is -0.444 e. The highest BCUT2D eigenvalue weighted by Gasteiger charge is 2.53. The summed E-state index contributed by atoms with van der Waals surface area (Å²) in [5, 5.41) is 2.74. The van der Waals surface area contributed by atoms with Gasteiger partial charge in [-0.15, -0.1) is 0 Å². The predicted molar refractivity (Wildman–Crippen MR) is 107 cm³/mol. The lowest BCUT2D eigenvalue weighted by Gasteiger charge is -2.32. The molecule has 1 atom stereocenters. The van der Waals surface area contributed by atoms with Gasteiger partial charge in [0, 0.05) is 0 Å². The number of rotatable bonds is 2. The Morgan fingerprint density at radius 2 is 1.79 bits per heavy atom. The summed E-state index contributed by atoms with van der Waals surface area (Å²) in [6.45, 7) is 12.6. The maximum atomic E-state index is 15.4. The van der Waals surface area contributed by atoms with Crippen molar-refractivity contribution in [2.75, 3.05) is 0 Å². The van der Waals surface area contributed by atoms with Crippen LogP contribution in [-0.4, -0.2) is 30.0 Å². The highest BCUT2D eigenvalue weighted by atomic mass is 19.1. The van der Waals surface area contributed by atoms with Gasteiger partial charge < -0.3 is 19.4 Å². The molecule has 8 heteroatoms. The predicted octanol–water partition coefficient (Wildman–Crippen LogP) is 4.17. The van der Waals surface area contributed by atoms with Gasteiger partial charge in [0.1, 0.15) is 17.2 Å². The fourth-order valence-electron chi connectivity index (χ4n) is 3.68. The van der Waals surface area contributed by atoms with Crippen LogP contribution in [0.2, 0.25) is 0 Å². The van der Waals surface area contributed by atoms with E-state index in [9.17, 15) is 4.79 Å². The number of carbonyl (C=O) groups is 1. The highest BCUT2D eigenvalue weighted by Crippen LogP contribution is 2.38. The molecule has 0 saturated carbocycles. The molecule has 160 valence electrons. The molecule has 1 heterocycles. The lowest BCUT2D eigenvalue weighted by atomic mass is 9.74. The van der Waals surface area contributed by atoms with Crippen molar-refractivity contribution in [3.63, 3.8) is 0 Å². The van der Waals surface area contributed by atoms with Crippen molar-refractivity contribution in [3.05, 3.63) is 28.8 Å². The molecule has 5 nitrogen and oxygen atoms in total. The lowest BCUT2D eigenvalue weighted by molar-refractivity contribution is 0.00578. The first-order chi connectivity index (χ1) is 13.2. The molecule has 1 aromatic rings. The van der Waals surface area contributed by atoms with Gasteiger partial charge in [0.2, 0.25) is 0 Å². The smallest absolute Gasteiger partial charge is 0.444 e. The molecule has 1 saturated heterocycles. The zero-order valence-corrected chi connectivity index (χ0v) is 18.2. The second kappa shape index (κ2) is 7.24. The Morgan fingerprint density at radius 3 is 2.34 bits per heavy atom. The van der Waals surface area contributed by atoms with E-state index in [2.05, 4.69) is 5.32 Å². The Balaban J connectivity index is 1.92. The van der Waals surface area contributed by atoms with E-state index in [4.69, 9.17) is 14.0 Å². The largest absolute Gasteiger partial charge is 0.500 e. The van der Waals surface area contributed by atoms with E-state index >= 15 is 8.78 Å². The lowest BCUT2D eigenvalue weighted by Crippen LogP contribution is -2.41. The van der Waals surface area contributed by atoms with Crippen LogP contribution in [0.5, 0.6) is 0 Å². The molecule has 3 rings (SSSR count). The average Bonchev–Trinajstić information content (AvgIpc) is 2.74. The number of ether oxygens (including phenoxy) is 1. The van der Waals surface area contributed by atoms with E-state index in [1.165, 1.54) is 6.07 Å². The Morgan fingerprint density at radius 1 is 1.21 bits per heavy atom. The molecule has 1 N–H and O–H groups in total. The first kappa shape index (κ1) is 22.0. The van der Waals surface area contributed by atoms with Crippen LogP contribution in [0, 0.1) is 11.6 Å². The Labute approximate surface area is 171 Å². The van der Waals surface area contributed by atoms with Crippen molar-refractivity contribution in [3.8, 4) is 0 Å². The molecule has 2 aliphatic rings. The number of hydrogen-bond donors (Lipinski definition) is 1. The van der Waals surface area contributed by atoms with Gasteiger partial charge in [-0.05, 0) is 84.9 Å². The van der Waals surface area contributed by atoms with Crippen LogP contribution in [0.25, 0.3) is 0 Å². The van der Waals surface area contributed by atoms with Crippen LogP contribution in [-0.2, 0) is 20.5 Å². The van der Waals surface area contributed by atoms with Crippen LogP contribution >= 0.6 is 0 Å². The SMILES string of the molecule is CC(C)(C)OC(=O)NC1CCCc2c1cc(F)c(B1OC(C)(C)C(C)(C)O1)c2F. The zero-order valence-electron chi connectivity index (χ0n) is 18.2. The summed E-state index contributed by atoms with van der Waals surface area (Å²) in [6.07, 6.45) is 1.10. The quantitative estimate of drug-likeness (QED) is 0.746. The normalized spacial score (nSPS) is 22.9. The maximum Gasteiger partial charge on any atom is 0.500 e. The van der Waals surface area contributed by atoms with E-state index < -0.39 is 47.7 Å². The van der Waals surface area contributed by atoms with Crippen LogP contribution in [0.15, 0.2) is 6.07 Å². The van der Waals surface area contributed by atoms with Gasteiger partial charge in [0.05, 0.1) is 22.7 Å². The number of amides is 1. The number of nitrogens with one attached hydrogen (secondary N) is 1. The molecule has 1 aliphatic carbocycles. The molecular formula is C21H30BF2NO4. The first-order valence-electron chi connectivity index (χ1n) is 10.1. The topological polar surface area (TPSA) is 56.8 Å². The van der Waals surface area contributed by atoms with Crippen molar-refractivity contribution in [2.24, 2.45) is 0 Å². The van der Waals surface area contributed by atoms with E-state index in [1.807, 2.05) is 27.7 Å². The average molecular weight is 409 g/mol. The van der Waals surface area contributed by atoms with Gasteiger partial charge in [-0.25, -0.2) is 13.6 Å². The molecule has 1 amide bonds. The van der Waals surface area contributed by atoms with E-state index in [1.54, 1.807) is 20.8 Å². The summed E-state index contributed by atoms with van der Waals surface area (Å²) in [7, 11) is -1.12. The number of alkyl carbamates (subject to hydrolysis) is 1.